The van der Waals surface area contributed by atoms with E-state index in [1.165, 1.54) is 10.9 Å². The van der Waals surface area contributed by atoms with E-state index in [9.17, 15) is 10.1 Å². The normalized spacial score (nSPS) is 10.5. The first-order valence-electron chi connectivity index (χ1n) is 5.19. The van der Waals surface area contributed by atoms with Crippen molar-refractivity contribution in [3.63, 3.8) is 0 Å². The van der Waals surface area contributed by atoms with Gasteiger partial charge in [0.2, 0.25) is 0 Å². The van der Waals surface area contributed by atoms with Crippen molar-refractivity contribution in [1.29, 1.82) is 0 Å². The Morgan fingerprint density at radius 3 is 2.72 bits per heavy atom. The topological polar surface area (TPSA) is 90.4 Å². The van der Waals surface area contributed by atoms with Gasteiger partial charge in [-0.05, 0) is 12.1 Å². The van der Waals surface area contributed by atoms with Crippen LogP contribution in [0.4, 0.5) is 5.69 Å². The number of aliphatic hydroxyl groups is 1. The maximum atomic E-state index is 10.9. The number of para-hydroxylation sites is 1. The van der Waals surface area contributed by atoms with Crippen LogP contribution in [-0.2, 0) is 11.3 Å². The van der Waals surface area contributed by atoms with Crippen molar-refractivity contribution in [3.05, 3.63) is 52.3 Å². The van der Waals surface area contributed by atoms with Crippen LogP contribution < -0.4 is 0 Å². The van der Waals surface area contributed by atoms with Crippen molar-refractivity contribution in [2.24, 2.45) is 0 Å². The van der Waals surface area contributed by atoms with E-state index in [2.05, 4.69) is 5.10 Å². The first-order valence-corrected chi connectivity index (χ1v) is 5.19. The third kappa shape index (κ3) is 2.36. The quantitative estimate of drug-likeness (QED) is 0.489. The van der Waals surface area contributed by atoms with E-state index in [1.54, 1.807) is 24.3 Å². The van der Waals surface area contributed by atoms with E-state index >= 15 is 0 Å². The first kappa shape index (κ1) is 12.2. The molecule has 7 heteroatoms. The van der Waals surface area contributed by atoms with Crippen LogP contribution in [-0.4, -0.2) is 26.6 Å². The predicted octanol–water partition coefficient (Wildman–Crippen LogP) is 1.25. The highest BCUT2D eigenvalue weighted by atomic mass is 16.6. The maximum Gasteiger partial charge on any atom is 0.313 e. The second kappa shape index (κ2) is 5.39. The fourth-order valence-corrected chi connectivity index (χ4v) is 1.59. The maximum absolute atomic E-state index is 10.9. The minimum atomic E-state index is -0.525. The van der Waals surface area contributed by atoms with Gasteiger partial charge in [-0.25, -0.2) is 4.68 Å². The number of rotatable bonds is 5. The predicted molar refractivity (Wildman–Crippen MR) is 62.1 cm³/mol. The Morgan fingerprint density at radius 2 is 2.11 bits per heavy atom. The fraction of sp³-hybridized carbons (Fsp3) is 0.182. The molecule has 0 saturated carbocycles. The lowest BCUT2D eigenvalue weighted by atomic mass is 10.3. The molecule has 0 saturated heterocycles. The van der Waals surface area contributed by atoms with E-state index in [-0.39, 0.29) is 12.3 Å². The highest BCUT2D eigenvalue weighted by Crippen LogP contribution is 2.22. The molecule has 1 heterocycles. The molecule has 94 valence electrons. The largest absolute Gasteiger partial charge is 0.371 e. The second-order valence-electron chi connectivity index (χ2n) is 3.46. The first-order chi connectivity index (χ1) is 8.74. The average molecular weight is 249 g/mol. The third-order valence-electron chi connectivity index (χ3n) is 2.37. The van der Waals surface area contributed by atoms with E-state index in [4.69, 9.17) is 9.84 Å². The van der Waals surface area contributed by atoms with Crippen LogP contribution in [0, 0.1) is 10.1 Å². The molecule has 2 aromatic rings. The van der Waals surface area contributed by atoms with Crippen molar-refractivity contribution in [3.8, 4) is 5.69 Å². The van der Waals surface area contributed by atoms with Crippen molar-refractivity contribution in [2.45, 2.75) is 6.61 Å². The van der Waals surface area contributed by atoms with Gasteiger partial charge in [0.05, 0.1) is 17.2 Å². The summed E-state index contributed by atoms with van der Waals surface area (Å²) >= 11 is 0. The van der Waals surface area contributed by atoms with Crippen LogP contribution in [0.2, 0.25) is 0 Å². The molecular formula is C11H11N3O4. The van der Waals surface area contributed by atoms with Gasteiger partial charge in [-0.15, -0.1) is 0 Å². The lowest BCUT2D eigenvalue weighted by Crippen LogP contribution is -2.06. The van der Waals surface area contributed by atoms with E-state index in [1.807, 2.05) is 6.07 Å². The Bertz CT molecular complexity index is 538. The molecule has 0 aliphatic heterocycles. The Labute approximate surface area is 102 Å². The molecule has 0 aliphatic rings. The fourth-order valence-electron chi connectivity index (χ4n) is 1.59. The molecule has 0 bridgehead atoms. The van der Waals surface area contributed by atoms with Gasteiger partial charge in [-0.2, -0.15) is 5.10 Å². The summed E-state index contributed by atoms with van der Waals surface area (Å²) in [6, 6.07) is 9.00. The zero-order chi connectivity index (χ0) is 13.0. The molecule has 1 N–H and O–H groups in total. The van der Waals surface area contributed by atoms with Crippen molar-refractivity contribution < 1.29 is 14.8 Å². The van der Waals surface area contributed by atoms with Crippen LogP contribution >= 0.6 is 0 Å². The number of ether oxygens (including phenoxy) is 1. The minimum Gasteiger partial charge on any atom is -0.371 e. The third-order valence-corrected chi connectivity index (χ3v) is 2.37. The van der Waals surface area contributed by atoms with Crippen molar-refractivity contribution in [1.82, 2.24) is 9.78 Å². The van der Waals surface area contributed by atoms with Gasteiger partial charge in [0.25, 0.3) is 0 Å². The SMILES string of the molecule is O=[N+]([O-])c1cnn(-c2ccccc2)c1COCO. The summed E-state index contributed by atoms with van der Waals surface area (Å²) in [6.07, 6.45) is 1.17. The highest BCUT2D eigenvalue weighted by Gasteiger charge is 2.21. The molecule has 1 aromatic carbocycles. The van der Waals surface area contributed by atoms with Crippen LogP contribution in [0.3, 0.4) is 0 Å². The van der Waals surface area contributed by atoms with Crippen LogP contribution in [0.5, 0.6) is 0 Å². The molecule has 0 aliphatic carbocycles. The summed E-state index contributed by atoms with van der Waals surface area (Å²) in [5, 5.41) is 23.5. The smallest absolute Gasteiger partial charge is 0.313 e. The van der Waals surface area contributed by atoms with E-state index in [0.29, 0.717) is 11.4 Å². The molecule has 0 amide bonds. The molecule has 2 rings (SSSR count). The number of nitrogens with zero attached hydrogens (tertiary/aromatic N) is 3. The van der Waals surface area contributed by atoms with Gasteiger partial charge < -0.3 is 9.84 Å². The summed E-state index contributed by atoms with van der Waals surface area (Å²) in [5.74, 6) is 0. The lowest BCUT2D eigenvalue weighted by Gasteiger charge is -2.06. The van der Waals surface area contributed by atoms with Crippen molar-refractivity contribution >= 4 is 5.69 Å². The zero-order valence-corrected chi connectivity index (χ0v) is 9.39. The number of nitro groups is 1. The summed E-state index contributed by atoms with van der Waals surface area (Å²) < 4.78 is 6.25. The molecule has 0 spiro atoms. The zero-order valence-electron chi connectivity index (χ0n) is 9.39. The second-order valence-corrected chi connectivity index (χ2v) is 3.46. The highest BCUT2D eigenvalue weighted by molar-refractivity contribution is 5.40. The number of hydrogen-bond donors (Lipinski definition) is 1. The molecular weight excluding hydrogens is 238 g/mol. The summed E-state index contributed by atoms with van der Waals surface area (Å²) in [6.45, 7) is -0.584. The molecule has 7 nitrogen and oxygen atoms in total. The Hall–Kier alpha value is -2.25. The van der Waals surface area contributed by atoms with Gasteiger partial charge in [0.1, 0.15) is 18.7 Å². The molecule has 0 radical (unpaired) electrons. The van der Waals surface area contributed by atoms with Gasteiger partial charge in [0.15, 0.2) is 0 Å². The average Bonchev–Trinajstić information content (AvgIpc) is 2.81. The Balaban J connectivity index is 2.44. The van der Waals surface area contributed by atoms with Gasteiger partial charge in [0, 0.05) is 0 Å². The molecule has 0 atom stereocenters. The minimum absolute atomic E-state index is 0.0816. The van der Waals surface area contributed by atoms with E-state index < -0.39 is 11.7 Å². The van der Waals surface area contributed by atoms with Crippen LogP contribution in [0.15, 0.2) is 36.5 Å². The van der Waals surface area contributed by atoms with Gasteiger partial charge in [-0.1, -0.05) is 18.2 Å². The lowest BCUT2D eigenvalue weighted by molar-refractivity contribution is -0.386. The number of aromatic nitrogens is 2. The summed E-state index contributed by atoms with van der Waals surface area (Å²) in [4.78, 5) is 10.3. The van der Waals surface area contributed by atoms with Crippen molar-refractivity contribution in [2.75, 3.05) is 6.79 Å². The summed E-state index contributed by atoms with van der Waals surface area (Å²) in [5.41, 5.74) is 0.856. The molecule has 0 unspecified atom stereocenters. The van der Waals surface area contributed by atoms with Crippen LogP contribution in [0.25, 0.3) is 5.69 Å². The standard InChI is InChI=1S/C11H11N3O4/c15-8-18-7-11-10(14(16)17)6-12-13(11)9-4-2-1-3-5-9/h1-6,15H,7-8H2. The Morgan fingerprint density at radius 1 is 1.39 bits per heavy atom. The summed E-state index contributed by atoms with van der Waals surface area (Å²) in [7, 11) is 0. The van der Waals surface area contributed by atoms with E-state index in [0.717, 1.165) is 0 Å². The number of benzene rings is 1. The molecule has 1 aromatic heterocycles. The molecule has 0 fully saturated rings. The van der Waals surface area contributed by atoms with Gasteiger partial charge in [-0.3, -0.25) is 10.1 Å². The number of aliphatic hydroxyl groups excluding tert-OH is 1. The number of hydrogen-bond acceptors (Lipinski definition) is 5. The van der Waals surface area contributed by atoms with Gasteiger partial charge >= 0.3 is 5.69 Å². The monoisotopic (exact) mass is 249 g/mol. The Kier molecular flexibility index (Phi) is 3.66. The molecule has 18 heavy (non-hydrogen) atoms. The van der Waals surface area contributed by atoms with Crippen LogP contribution in [0.1, 0.15) is 5.69 Å².